The molecule has 0 saturated heterocycles. The molecule has 0 unspecified atom stereocenters. The lowest BCUT2D eigenvalue weighted by molar-refractivity contribution is -0.132. The molecule has 0 amide bonds. The molecule has 17 aliphatic rings. The number of ketones is 4. The first-order valence-corrected chi connectivity index (χ1v) is 47.7. The first-order valence-electron chi connectivity index (χ1n) is 46.8. The van der Waals surface area contributed by atoms with Gasteiger partial charge in [0.05, 0.1) is 41.6 Å². The van der Waals surface area contributed by atoms with Crippen molar-refractivity contribution in [2.45, 2.75) is 335 Å². The van der Waals surface area contributed by atoms with E-state index >= 15 is 0 Å². The van der Waals surface area contributed by atoms with Gasteiger partial charge in [-0.3, -0.25) is 24.2 Å². The predicted molar refractivity (Wildman–Crippen MR) is 446 cm³/mol. The quantitative estimate of drug-likeness (QED) is 0.117. The van der Waals surface area contributed by atoms with Gasteiger partial charge in [0.2, 0.25) is 0 Å². The number of thiophene rings is 1. The topological polar surface area (TPSA) is 190 Å². The number of fused-ring (bicyclic) bond motifs is 20. The summed E-state index contributed by atoms with van der Waals surface area (Å²) in [6.45, 7) is 18.7. The van der Waals surface area contributed by atoms with E-state index in [1.165, 1.54) is 165 Å². The molecular formula is C100H146N2O9S. The normalized spacial score (nSPS) is 48.3. The van der Waals surface area contributed by atoms with Crippen LogP contribution in [0.5, 0.6) is 0 Å². The van der Waals surface area contributed by atoms with Crippen LogP contribution in [0.1, 0.15) is 309 Å². The summed E-state index contributed by atoms with van der Waals surface area (Å²) >= 11 is 1.73. The maximum atomic E-state index is 13.2. The third-order valence-corrected chi connectivity index (χ3v) is 39.4. The number of carbonyl (C=O) groups is 4. The third kappa shape index (κ3) is 15.4. The molecular weight excluding hydrogens is 1410 g/mol. The number of furan rings is 1. The Morgan fingerprint density at radius 1 is 0.393 bits per heavy atom. The van der Waals surface area contributed by atoms with E-state index in [4.69, 9.17) is 4.42 Å². The van der Waals surface area contributed by atoms with Crippen LogP contribution in [-0.4, -0.2) is 83.7 Å². The minimum Gasteiger partial charge on any atom is -0.469 e. The van der Waals surface area contributed by atoms with Gasteiger partial charge in [-0.15, -0.1) is 11.3 Å². The van der Waals surface area contributed by atoms with Gasteiger partial charge in [0.15, 0.2) is 0 Å². The molecule has 20 rings (SSSR count). The number of Topliss-reactive ketones (excluding diaryl/α,β-unsaturated/α-hetero) is 4. The molecule has 1 aliphatic heterocycles. The molecule has 32 atom stereocenters. The minimum atomic E-state index is -0.437. The summed E-state index contributed by atoms with van der Waals surface area (Å²) in [6, 6.07) is 12.0. The maximum absolute atomic E-state index is 13.2. The highest BCUT2D eigenvalue weighted by molar-refractivity contribution is 7.10. The van der Waals surface area contributed by atoms with Gasteiger partial charge >= 0.3 is 0 Å². The number of hydrogen-bond donors (Lipinski definition) is 5. The molecule has 0 spiro atoms. The standard InChI is InChI=1S/2C25H37NO2.C25H36O3.C25H36O2S/c1-24(28)10-7-18-17(14-24)3-4-20-19(18)8-11-25(2)21(20)5-6-22(25)23(27)13-16-9-12-26-15-16;1-24(28)11-9-18-16(15-24)5-6-20-19(18)10-12-25(2)21(20)7-8-22(25)23(27)14-17-4-3-13-26-17;2*1-24(27)11-9-18-16(15-24)5-6-20-19(18)10-12-25(2)21(20)7-8-22(25)23(26)14-17-4-3-13-28-17/h9,12,17-22,28H,3-8,10-11,13-15H2,1-2H3;3-4,13,16,18-22,26,28H,5-12,14-15H2,1-2H3;2*3-4,13,16,18-22,27H,5-12,14-15H2,1-2H3/t17-,18+,19-,20-,21+,22-,24-,25+;3*16-,18+,19-,20-,21+,22-,24-,25+/m1111/s1. The maximum Gasteiger partial charge on any atom is 0.144 e. The van der Waals surface area contributed by atoms with Crippen LogP contribution in [0.4, 0.5) is 0 Å². The van der Waals surface area contributed by atoms with Crippen LogP contribution in [0.2, 0.25) is 0 Å². The summed E-state index contributed by atoms with van der Waals surface area (Å²) in [5, 5.41) is 44.3. The summed E-state index contributed by atoms with van der Waals surface area (Å²) in [5.74, 6) is 19.7. The van der Waals surface area contributed by atoms with Crippen molar-refractivity contribution < 1.29 is 44.0 Å². The molecule has 16 fully saturated rings. The van der Waals surface area contributed by atoms with E-state index in [1.807, 2.05) is 70.4 Å². The second-order valence-corrected chi connectivity index (χ2v) is 45.7. The van der Waals surface area contributed by atoms with E-state index < -0.39 is 22.4 Å². The Bertz CT molecular complexity index is 3570. The predicted octanol–water partition coefficient (Wildman–Crippen LogP) is 21.4. The summed E-state index contributed by atoms with van der Waals surface area (Å²) in [7, 11) is 0. The number of aliphatic hydroxyl groups is 4. The fourth-order valence-electron chi connectivity index (χ4n) is 33.5. The average Bonchev–Trinajstić information content (AvgIpc) is 1.58. The van der Waals surface area contributed by atoms with Crippen LogP contribution in [0.15, 0.2) is 75.3 Å². The molecule has 16 saturated carbocycles. The molecule has 616 valence electrons. The van der Waals surface area contributed by atoms with Gasteiger partial charge in [-0.2, -0.15) is 0 Å². The molecule has 3 aromatic rings. The largest absolute Gasteiger partial charge is 0.469 e. The first-order chi connectivity index (χ1) is 53.5. The monoisotopic (exact) mass is 1550 g/mol. The van der Waals surface area contributed by atoms with E-state index in [0.717, 1.165) is 213 Å². The van der Waals surface area contributed by atoms with Crippen molar-refractivity contribution in [3.05, 3.63) is 82.2 Å². The number of aliphatic imine (C=N–C) groups is 1. The lowest BCUT2D eigenvalue weighted by Gasteiger charge is -2.56. The fraction of sp³-hybridized carbons (Fsp3) is 0.810. The van der Waals surface area contributed by atoms with Crippen LogP contribution in [-0.2, 0) is 38.4 Å². The van der Waals surface area contributed by atoms with Gasteiger partial charge in [-0.1, -0.05) is 33.8 Å². The molecule has 4 heterocycles. The lowest BCUT2D eigenvalue weighted by atomic mass is 9.49. The average molecular weight is 1550 g/mol. The van der Waals surface area contributed by atoms with E-state index in [9.17, 15) is 39.6 Å². The number of hydrogen-bond acceptors (Lipinski definition) is 11. The number of H-pyrrole nitrogens is 1. The van der Waals surface area contributed by atoms with Gasteiger partial charge in [-0.05, 0) is 446 Å². The SMILES string of the molecule is C[C@@]1(O)CC[C@H]2[C@H](CC[C@@H]3[C@@H]2CC[C@]2(C)[C@@H](C(=O)CC4=CC=NC4)CC[C@@H]32)C1.C[C@@]1(O)CC[C@H]2[C@H](CC[C@@H]3[C@@H]2CC[C@]2(C)[C@@H](C(=O)Cc4ccc[nH]4)CC[C@@H]32)C1.C[C@@]1(O)CC[C@H]2[C@H](CC[C@@H]3[C@@H]2CC[C@]2(C)[C@@H](C(=O)Cc4ccco4)CC[C@@H]32)C1.C[C@@]1(O)CC[C@H]2[C@H](CC[C@@H]3[C@@H]2CC[C@]2(C)[C@@H](C(=O)Cc4cccs4)CC[C@@H]32)C1. The number of aromatic amines is 1. The summed E-state index contributed by atoms with van der Waals surface area (Å²) in [5.41, 5.74) is 1.43. The van der Waals surface area contributed by atoms with Crippen molar-refractivity contribution in [2.24, 2.45) is 169 Å². The fourth-order valence-corrected chi connectivity index (χ4v) is 34.2. The van der Waals surface area contributed by atoms with Crippen molar-refractivity contribution in [1.29, 1.82) is 0 Å². The zero-order chi connectivity index (χ0) is 78.1. The van der Waals surface area contributed by atoms with E-state index in [2.05, 4.69) is 55.2 Å². The van der Waals surface area contributed by atoms with Crippen molar-refractivity contribution in [3.8, 4) is 0 Å². The zero-order valence-electron chi connectivity index (χ0n) is 70.4. The van der Waals surface area contributed by atoms with Crippen LogP contribution in [0.3, 0.4) is 0 Å². The van der Waals surface area contributed by atoms with E-state index in [-0.39, 0.29) is 45.3 Å². The molecule has 11 nitrogen and oxygen atoms in total. The molecule has 112 heavy (non-hydrogen) atoms. The van der Waals surface area contributed by atoms with Crippen molar-refractivity contribution in [1.82, 2.24) is 4.98 Å². The van der Waals surface area contributed by atoms with Crippen molar-refractivity contribution in [3.63, 3.8) is 0 Å². The molecule has 3 aromatic heterocycles. The minimum absolute atomic E-state index is 0.192. The van der Waals surface area contributed by atoms with Crippen LogP contribution in [0.25, 0.3) is 0 Å². The summed E-state index contributed by atoms with van der Waals surface area (Å²) in [4.78, 5) is 61.4. The molecule has 0 aromatic carbocycles. The van der Waals surface area contributed by atoms with Gasteiger partial charge in [-0.25, -0.2) is 0 Å². The molecule has 16 aliphatic carbocycles. The Balaban J connectivity index is 0.000000108. The number of aromatic nitrogens is 1. The van der Waals surface area contributed by atoms with E-state index in [0.29, 0.717) is 48.8 Å². The third-order valence-electron chi connectivity index (χ3n) is 38.5. The molecule has 12 heteroatoms. The Hall–Kier alpha value is -3.81. The second-order valence-electron chi connectivity index (χ2n) is 44.6. The van der Waals surface area contributed by atoms with Crippen LogP contribution >= 0.6 is 11.3 Å². The van der Waals surface area contributed by atoms with Crippen LogP contribution in [0, 0.1) is 164 Å². The smallest absolute Gasteiger partial charge is 0.144 e. The Labute approximate surface area is 677 Å². The highest BCUT2D eigenvalue weighted by Gasteiger charge is 2.64. The Morgan fingerprint density at radius 2 is 0.759 bits per heavy atom. The molecule has 0 bridgehead atoms. The van der Waals surface area contributed by atoms with Gasteiger partial charge in [0.25, 0.3) is 0 Å². The Kier molecular flexibility index (Phi) is 22.6. The summed E-state index contributed by atoms with van der Waals surface area (Å²) in [6.07, 6.45) is 52.8. The highest BCUT2D eigenvalue weighted by atomic mass is 32.1. The van der Waals surface area contributed by atoms with Gasteiger partial charge in [0, 0.05) is 65.9 Å². The van der Waals surface area contributed by atoms with Gasteiger partial charge in [0.1, 0.15) is 28.9 Å². The van der Waals surface area contributed by atoms with Crippen molar-refractivity contribution in [2.75, 3.05) is 6.54 Å². The van der Waals surface area contributed by atoms with Gasteiger partial charge < -0.3 is 29.8 Å². The van der Waals surface area contributed by atoms with Crippen molar-refractivity contribution >= 4 is 40.7 Å². The second kappa shape index (κ2) is 31.4. The molecule has 0 radical (unpaired) electrons. The highest BCUT2D eigenvalue weighted by Crippen LogP contribution is 2.70. The number of nitrogens with one attached hydrogen (secondary N) is 1. The number of nitrogens with zero attached hydrogens (tertiary/aromatic N) is 1. The lowest BCUT2D eigenvalue weighted by Crippen LogP contribution is -2.51. The number of carbonyl (C=O) groups excluding carboxylic acids is 4. The number of rotatable bonds is 12. The zero-order valence-corrected chi connectivity index (χ0v) is 71.2. The Morgan fingerprint density at radius 3 is 1.09 bits per heavy atom. The van der Waals surface area contributed by atoms with E-state index in [1.54, 1.807) is 17.6 Å². The molecule has 5 N–H and O–H groups in total. The first kappa shape index (κ1) is 80.6. The van der Waals surface area contributed by atoms with Crippen LogP contribution < -0.4 is 0 Å². The number of allylic oxidation sites excluding steroid dienone is 1. The summed E-state index contributed by atoms with van der Waals surface area (Å²) < 4.78 is 5.45.